The van der Waals surface area contributed by atoms with E-state index in [9.17, 15) is 9.59 Å². The maximum Gasteiger partial charge on any atom is 0.303 e. The van der Waals surface area contributed by atoms with E-state index in [1.165, 1.54) is 0 Å². The second kappa shape index (κ2) is 5.86. The third-order valence-electron chi connectivity index (χ3n) is 3.50. The number of aryl methyl sites for hydroxylation is 1. The molecule has 2 heterocycles. The highest BCUT2D eigenvalue weighted by molar-refractivity contribution is 5.92. The molecule has 6 heteroatoms. The molecular weight excluding hydrogens is 246 g/mol. The van der Waals surface area contributed by atoms with Gasteiger partial charge in [0.25, 0.3) is 5.91 Å². The van der Waals surface area contributed by atoms with Crippen LogP contribution in [0.15, 0.2) is 6.07 Å². The van der Waals surface area contributed by atoms with Crippen molar-refractivity contribution in [2.45, 2.75) is 45.1 Å². The summed E-state index contributed by atoms with van der Waals surface area (Å²) in [5.74, 6) is -0.909. The van der Waals surface area contributed by atoms with Crippen LogP contribution in [0.1, 0.15) is 48.3 Å². The Morgan fingerprint density at radius 1 is 1.53 bits per heavy atom. The second-order valence-electron chi connectivity index (χ2n) is 5.02. The van der Waals surface area contributed by atoms with E-state index in [1.54, 1.807) is 11.0 Å². The molecule has 6 nitrogen and oxygen atoms in total. The van der Waals surface area contributed by atoms with Gasteiger partial charge < -0.3 is 10.0 Å². The van der Waals surface area contributed by atoms with Gasteiger partial charge in [0.1, 0.15) is 5.69 Å². The van der Waals surface area contributed by atoms with Crippen LogP contribution in [-0.4, -0.2) is 44.7 Å². The van der Waals surface area contributed by atoms with Crippen LogP contribution in [0.4, 0.5) is 0 Å². The SMILES string of the molecule is Cc1cc(C(=O)N2CCCCC2CCC(=O)O)n[nH]1. The second-order valence-corrected chi connectivity index (χ2v) is 5.02. The molecule has 1 amide bonds. The van der Waals surface area contributed by atoms with Crippen molar-refractivity contribution in [2.24, 2.45) is 0 Å². The molecule has 1 aromatic rings. The number of aromatic nitrogens is 2. The summed E-state index contributed by atoms with van der Waals surface area (Å²) in [5, 5.41) is 15.5. The Bertz CT molecular complexity index is 469. The Morgan fingerprint density at radius 3 is 2.95 bits per heavy atom. The van der Waals surface area contributed by atoms with Gasteiger partial charge in [0.15, 0.2) is 0 Å². The number of piperidine rings is 1. The molecule has 0 bridgehead atoms. The van der Waals surface area contributed by atoms with Gasteiger partial charge in [-0.2, -0.15) is 5.10 Å². The fraction of sp³-hybridized carbons (Fsp3) is 0.615. The number of carboxylic acids is 1. The molecule has 19 heavy (non-hydrogen) atoms. The standard InChI is InChI=1S/C13H19N3O3/c1-9-8-11(15-14-9)13(19)16-7-3-2-4-10(16)5-6-12(17)18/h8,10H,2-7H2,1H3,(H,14,15)(H,17,18). The van der Waals surface area contributed by atoms with Crippen LogP contribution in [0, 0.1) is 6.92 Å². The topological polar surface area (TPSA) is 86.3 Å². The fourth-order valence-electron chi connectivity index (χ4n) is 2.53. The van der Waals surface area contributed by atoms with Crippen LogP contribution in [0.25, 0.3) is 0 Å². The number of nitrogens with zero attached hydrogens (tertiary/aromatic N) is 2. The number of aliphatic carboxylic acids is 1. The monoisotopic (exact) mass is 265 g/mol. The first-order valence-corrected chi connectivity index (χ1v) is 6.62. The minimum atomic E-state index is -0.811. The largest absolute Gasteiger partial charge is 0.481 e. The van der Waals surface area contributed by atoms with Crippen LogP contribution in [0.2, 0.25) is 0 Å². The predicted octanol–water partition coefficient (Wildman–Crippen LogP) is 1.58. The summed E-state index contributed by atoms with van der Waals surface area (Å²) in [6, 6.07) is 1.75. The number of likely N-dealkylation sites (tertiary alicyclic amines) is 1. The first-order valence-electron chi connectivity index (χ1n) is 6.62. The first kappa shape index (κ1) is 13.6. The Balaban J connectivity index is 2.06. The molecule has 2 N–H and O–H groups in total. The number of carbonyl (C=O) groups excluding carboxylic acids is 1. The predicted molar refractivity (Wildman–Crippen MR) is 68.9 cm³/mol. The van der Waals surface area contributed by atoms with Crippen LogP contribution >= 0.6 is 0 Å². The molecule has 1 saturated heterocycles. The van der Waals surface area contributed by atoms with Gasteiger partial charge in [-0.15, -0.1) is 0 Å². The molecule has 1 fully saturated rings. The highest BCUT2D eigenvalue weighted by Crippen LogP contribution is 2.22. The van der Waals surface area contributed by atoms with Gasteiger partial charge in [-0.25, -0.2) is 0 Å². The number of amides is 1. The molecule has 0 radical (unpaired) electrons. The number of nitrogens with one attached hydrogen (secondary N) is 1. The van der Waals surface area contributed by atoms with Crippen molar-refractivity contribution in [1.82, 2.24) is 15.1 Å². The highest BCUT2D eigenvalue weighted by Gasteiger charge is 2.28. The van der Waals surface area contributed by atoms with Crippen LogP contribution in [-0.2, 0) is 4.79 Å². The van der Waals surface area contributed by atoms with E-state index in [4.69, 9.17) is 5.11 Å². The number of hydrogen-bond donors (Lipinski definition) is 2. The van der Waals surface area contributed by atoms with E-state index in [0.29, 0.717) is 18.7 Å². The smallest absolute Gasteiger partial charge is 0.303 e. The zero-order valence-corrected chi connectivity index (χ0v) is 11.1. The number of hydrogen-bond acceptors (Lipinski definition) is 3. The van der Waals surface area contributed by atoms with Gasteiger partial charge in [0, 0.05) is 24.7 Å². The fourth-order valence-corrected chi connectivity index (χ4v) is 2.53. The van der Waals surface area contributed by atoms with Crippen molar-refractivity contribution in [3.63, 3.8) is 0 Å². The number of carboxylic acid groups (broad SMARTS) is 1. The van der Waals surface area contributed by atoms with Crippen molar-refractivity contribution < 1.29 is 14.7 Å². The number of rotatable bonds is 4. The first-order chi connectivity index (χ1) is 9.08. The van der Waals surface area contributed by atoms with Crippen LogP contribution in [0.3, 0.4) is 0 Å². The van der Waals surface area contributed by atoms with Gasteiger partial charge in [-0.05, 0) is 38.7 Å². The molecule has 1 aliphatic heterocycles. The molecule has 1 atom stereocenters. The molecule has 0 spiro atoms. The lowest BCUT2D eigenvalue weighted by molar-refractivity contribution is -0.137. The molecule has 104 valence electrons. The molecule has 0 aromatic carbocycles. The number of carbonyl (C=O) groups is 2. The lowest BCUT2D eigenvalue weighted by Crippen LogP contribution is -2.44. The molecule has 1 unspecified atom stereocenters. The Labute approximate surface area is 111 Å². The third-order valence-corrected chi connectivity index (χ3v) is 3.50. The maximum atomic E-state index is 12.4. The van der Waals surface area contributed by atoms with Gasteiger partial charge >= 0.3 is 5.97 Å². The minimum Gasteiger partial charge on any atom is -0.481 e. The van der Waals surface area contributed by atoms with Crippen LogP contribution in [0.5, 0.6) is 0 Å². The van der Waals surface area contributed by atoms with E-state index < -0.39 is 5.97 Å². The van der Waals surface area contributed by atoms with Crippen molar-refractivity contribution in [3.8, 4) is 0 Å². The lowest BCUT2D eigenvalue weighted by atomic mass is 9.97. The number of aromatic amines is 1. The van der Waals surface area contributed by atoms with Crippen molar-refractivity contribution in [3.05, 3.63) is 17.5 Å². The van der Waals surface area contributed by atoms with Crippen molar-refractivity contribution >= 4 is 11.9 Å². The molecular formula is C13H19N3O3. The summed E-state index contributed by atoms with van der Waals surface area (Å²) in [6.45, 7) is 2.54. The van der Waals surface area contributed by atoms with E-state index in [1.807, 2.05) is 6.92 Å². The summed E-state index contributed by atoms with van der Waals surface area (Å²) in [7, 11) is 0. The quantitative estimate of drug-likeness (QED) is 0.865. The van der Waals surface area contributed by atoms with Crippen molar-refractivity contribution in [1.29, 1.82) is 0 Å². The third kappa shape index (κ3) is 3.33. The molecule has 0 saturated carbocycles. The zero-order valence-electron chi connectivity index (χ0n) is 11.1. The van der Waals surface area contributed by atoms with Crippen molar-refractivity contribution in [2.75, 3.05) is 6.54 Å². The van der Waals surface area contributed by atoms with Gasteiger partial charge in [-0.1, -0.05) is 0 Å². The number of H-pyrrole nitrogens is 1. The van der Waals surface area contributed by atoms with E-state index in [0.717, 1.165) is 25.0 Å². The minimum absolute atomic E-state index is 0.0226. The van der Waals surface area contributed by atoms with E-state index >= 15 is 0 Å². The Morgan fingerprint density at radius 2 is 2.32 bits per heavy atom. The Kier molecular flexibility index (Phi) is 4.19. The summed E-state index contributed by atoms with van der Waals surface area (Å²) in [5.41, 5.74) is 1.27. The highest BCUT2D eigenvalue weighted by atomic mass is 16.4. The van der Waals surface area contributed by atoms with Gasteiger partial charge in [0.2, 0.25) is 0 Å². The van der Waals surface area contributed by atoms with Gasteiger partial charge in [0.05, 0.1) is 0 Å². The molecule has 0 aliphatic carbocycles. The van der Waals surface area contributed by atoms with E-state index in [-0.39, 0.29) is 18.4 Å². The average molecular weight is 265 g/mol. The lowest BCUT2D eigenvalue weighted by Gasteiger charge is -2.35. The summed E-state index contributed by atoms with van der Waals surface area (Å²) >= 11 is 0. The summed E-state index contributed by atoms with van der Waals surface area (Å²) < 4.78 is 0. The summed E-state index contributed by atoms with van der Waals surface area (Å²) in [6.07, 6.45) is 3.52. The maximum absolute atomic E-state index is 12.4. The van der Waals surface area contributed by atoms with Crippen LogP contribution < -0.4 is 0 Å². The van der Waals surface area contributed by atoms with E-state index in [2.05, 4.69) is 10.2 Å². The molecule has 2 rings (SSSR count). The van der Waals surface area contributed by atoms with Gasteiger partial charge in [-0.3, -0.25) is 14.7 Å². The molecule has 1 aromatic heterocycles. The normalized spacial score (nSPS) is 19.4. The zero-order chi connectivity index (χ0) is 13.8. The summed E-state index contributed by atoms with van der Waals surface area (Å²) in [4.78, 5) is 24.8. The molecule has 1 aliphatic rings. The average Bonchev–Trinajstić information content (AvgIpc) is 2.82. The Hall–Kier alpha value is -1.85.